The highest BCUT2D eigenvalue weighted by molar-refractivity contribution is 5.82. The van der Waals surface area contributed by atoms with Crippen LogP contribution >= 0.6 is 0 Å². The summed E-state index contributed by atoms with van der Waals surface area (Å²) in [6, 6.07) is 2.94. The standard InChI is InChI=1S/C10H6F2N2O2/c11-10(12,14(15)16)8-5-6-13-9-4-2-1-3-7(8)9/h1-6H. The van der Waals surface area contributed by atoms with Crippen molar-refractivity contribution in [3.05, 3.63) is 52.2 Å². The summed E-state index contributed by atoms with van der Waals surface area (Å²) in [5.74, 6) is 0. The summed E-state index contributed by atoms with van der Waals surface area (Å²) in [4.78, 5) is 12.6. The number of alkyl halides is 2. The summed E-state index contributed by atoms with van der Waals surface area (Å²) >= 11 is 0. The van der Waals surface area contributed by atoms with E-state index in [1.807, 2.05) is 0 Å². The molecule has 82 valence electrons. The largest absolute Gasteiger partial charge is 0.539 e. The average Bonchev–Trinajstić information content (AvgIpc) is 2.28. The molecule has 0 fully saturated rings. The van der Waals surface area contributed by atoms with E-state index in [1.54, 1.807) is 6.07 Å². The number of hydrogen-bond acceptors (Lipinski definition) is 3. The van der Waals surface area contributed by atoms with Crippen molar-refractivity contribution in [2.75, 3.05) is 0 Å². The zero-order chi connectivity index (χ0) is 11.8. The highest BCUT2D eigenvalue weighted by Crippen LogP contribution is 2.32. The second-order valence-electron chi connectivity index (χ2n) is 3.17. The van der Waals surface area contributed by atoms with Crippen LogP contribution in [-0.4, -0.2) is 9.91 Å². The molecule has 0 bridgehead atoms. The lowest BCUT2D eigenvalue weighted by molar-refractivity contribution is -0.655. The maximum absolute atomic E-state index is 13.3. The van der Waals surface area contributed by atoms with E-state index in [4.69, 9.17) is 0 Å². The number of aromatic nitrogens is 1. The van der Waals surface area contributed by atoms with E-state index >= 15 is 0 Å². The van der Waals surface area contributed by atoms with Crippen molar-refractivity contribution < 1.29 is 13.7 Å². The van der Waals surface area contributed by atoms with Crippen molar-refractivity contribution in [1.29, 1.82) is 0 Å². The van der Waals surface area contributed by atoms with Crippen molar-refractivity contribution in [1.82, 2.24) is 4.98 Å². The van der Waals surface area contributed by atoms with Gasteiger partial charge in [-0.1, -0.05) is 18.2 Å². The first-order valence-electron chi connectivity index (χ1n) is 4.40. The third kappa shape index (κ3) is 1.48. The number of nitro groups is 1. The Labute approximate surface area is 88.7 Å². The van der Waals surface area contributed by atoms with E-state index in [1.165, 1.54) is 18.2 Å². The lowest BCUT2D eigenvalue weighted by Gasteiger charge is -2.09. The molecule has 0 amide bonds. The molecular weight excluding hydrogens is 218 g/mol. The van der Waals surface area contributed by atoms with Gasteiger partial charge in [-0.2, -0.15) is 0 Å². The fraction of sp³-hybridized carbons (Fsp3) is 0.100. The minimum absolute atomic E-state index is 0.0895. The molecule has 0 N–H and O–H groups in total. The van der Waals surface area contributed by atoms with Crippen LogP contribution in [0.4, 0.5) is 8.78 Å². The monoisotopic (exact) mass is 224 g/mol. The summed E-state index contributed by atoms with van der Waals surface area (Å²) in [6.45, 7) is 0. The third-order valence-corrected chi connectivity index (χ3v) is 2.20. The van der Waals surface area contributed by atoms with Crippen LogP contribution in [-0.2, 0) is 6.05 Å². The maximum atomic E-state index is 13.3. The Hall–Kier alpha value is -2.11. The lowest BCUT2D eigenvalue weighted by Crippen LogP contribution is -2.24. The van der Waals surface area contributed by atoms with Gasteiger partial charge in [0, 0.05) is 11.6 Å². The van der Waals surface area contributed by atoms with Crippen molar-refractivity contribution >= 4 is 10.9 Å². The lowest BCUT2D eigenvalue weighted by atomic mass is 10.1. The third-order valence-electron chi connectivity index (χ3n) is 2.20. The van der Waals surface area contributed by atoms with Crippen molar-refractivity contribution in [3.63, 3.8) is 0 Å². The fourth-order valence-corrected chi connectivity index (χ4v) is 1.46. The molecule has 0 saturated carbocycles. The van der Waals surface area contributed by atoms with Gasteiger partial charge in [-0.25, -0.2) is 0 Å². The molecule has 1 aromatic heterocycles. The molecule has 0 unspecified atom stereocenters. The van der Waals surface area contributed by atoms with Gasteiger partial charge in [0.1, 0.15) is 10.5 Å². The predicted octanol–water partition coefficient (Wildman–Crippen LogP) is 2.56. The maximum Gasteiger partial charge on any atom is 0.539 e. The first-order valence-corrected chi connectivity index (χ1v) is 4.40. The van der Waals surface area contributed by atoms with Crippen LogP contribution in [0.15, 0.2) is 36.5 Å². The number of benzene rings is 1. The minimum atomic E-state index is -4.09. The van der Waals surface area contributed by atoms with E-state index in [-0.39, 0.29) is 5.39 Å². The van der Waals surface area contributed by atoms with Gasteiger partial charge in [0.2, 0.25) is 0 Å². The Morgan fingerprint density at radius 3 is 2.62 bits per heavy atom. The number of fused-ring (bicyclic) bond motifs is 1. The van der Waals surface area contributed by atoms with E-state index in [0.29, 0.717) is 5.52 Å². The van der Waals surface area contributed by atoms with E-state index in [0.717, 1.165) is 12.3 Å². The Morgan fingerprint density at radius 1 is 1.25 bits per heavy atom. The van der Waals surface area contributed by atoms with Gasteiger partial charge < -0.3 is 0 Å². The van der Waals surface area contributed by atoms with Crippen LogP contribution in [0.2, 0.25) is 0 Å². The topological polar surface area (TPSA) is 56.0 Å². The highest BCUT2D eigenvalue weighted by Gasteiger charge is 2.47. The van der Waals surface area contributed by atoms with Gasteiger partial charge in [-0.15, -0.1) is 8.78 Å². The number of nitrogens with zero attached hydrogens (tertiary/aromatic N) is 2. The molecule has 2 rings (SSSR count). The van der Waals surface area contributed by atoms with Gasteiger partial charge in [-0.05, 0) is 12.1 Å². The normalized spacial score (nSPS) is 11.6. The first kappa shape index (κ1) is 10.4. The second kappa shape index (κ2) is 3.48. The number of para-hydroxylation sites is 1. The van der Waals surface area contributed by atoms with Gasteiger partial charge in [-0.3, -0.25) is 15.1 Å². The van der Waals surface area contributed by atoms with E-state index in [9.17, 15) is 18.9 Å². The number of pyridine rings is 1. The highest BCUT2D eigenvalue weighted by atomic mass is 19.3. The molecule has 4 nitrogen and oxygen atoms in total. The van der Waals surface area contributed by atoms with Gasteiger partial charge in [0.25, 0.3) is 0 Å². The summed E-state index contributed by atoms with van der Waals surface area (Å²) in [6.07, 6.45) is 1.13. The zero-order valence-electron chi connectivity index (χ0n) is 7.93. The quantitative estimate of drug-likeness (QED) is 0.447. The van der Waals surface area contributed by atoms with Gasteiger partial charge in [0.05, 0.1) is 5.52 Å². The van der Waals surface area contributed by atoms with Crippen LogP contribution in [0.5, 0.6) is 0 Å². The Kier molecular flexibility index (Phi) is 2.26. The number of rotatable bonds is 2. The van der Waals surface area contributed by atoms with Gasteiger partial charge >= 0.3 is 6.05 Å². The smallest absolute Gasteiger partial charge is 0.259 e. The summed E-state index contributed by atoms with van der Waals surface area (Å²) < 4.78 is 26.6. The molecule has 1 heterocycles. The van der Waals surface area contributed by atoms with E-state index in [2.05, 4.69) is 4.98 Å². The molecule has 0 atom stereocenters. The predicted molar refractivity (Wildman–Crippen MR) is 52.6 cm³/mol. The zero-order valence-corrected chi connectivity index (χ0v) is 7.93. The molecule has 0 saturated heterocycles. The molecular formula is C10H6F2N2O2. The molecule has 0 radical (unpaired) electrons. The molecule has 6 heteroatoms. The van der Waals surface area contributed by atoms with Crippen LogP contribution in [0, 0.1) is 10.1 Å². The average molecular weight is 224 g/mol. The number of hydrogen-bond donors (Lipinski definition) is 0. The summed E-state index contributed by atoms with van der Waals surface area (Å²) in [5.41, 5.74) is -0.329. The molecule has 0 spiro atoms. The second-order valence-corrected chi connectivity index (χ2v) is 3.17. The molecule has 0 aliphatic rings. The molecule has 1 aromatic carbocycles. The van der Waals surface area contributed by atoms with Crippen LogP contribution in [0.25, 0.3) is 10.9 Å². The Bertz CT molecular complexity index is 552. The fourth-order valence-electron chi connectivity index (χ4n) is 1.46. The summed E-state index contributed by atoms with van der Waals surface area (Å²) in [7, 11) is 0. The van der Waals surface area contributed by atoms with Crippen LogP contribution in [0.1, 0.15) is 5.56 Å². The molecule has 0 aliphatic heterocycles. The van der Waals surface area contributed by atoms with E-state index < -0.39 is 16.5 Å². The Morgan fingerprint density at radius 2 is 1.94 bits per heavy atom. The SMILES string of the molecule is O=[N+]([O-])C(F)(F)c1ccnc2ccccc12. The van der Waals surface area contributed by atoms with Gasteiger partial charge in [0.15, 0.2) is 0 Å². The summed E-state index contributed by atoms with van der Waals surface area (Å²) in [5, 5.41) is 10.4. The molecule has 16 heavy (non-hydrogen) atoms. The van der Waals surface area contributed by atoms with Crippen molar-refractivity contribution in [2.45, 2.75) is 6.05 Å². The minimum Gasteiger partial charge on any atom is -0.259 e. The van der Waals surface area contributed by atoms with Crippen molar-refractivity contribution in [2.24, 2.45) is 0 Å². The molecule has 0 aliphatic carbocycles. The van der Waals surface area contributed by atoms with Crippen molar-refractivity contribution in [3.8, 4) is 0 Å². The van der Waals surface area contributed by atoms with Crippen LogP contribution in [0.3, 0.4) is 0 Å². The first-order chi connectivity index (χ1) is 7.53. The van der Waals surface area contributed by atoms with Crippen LogP contribution < -0.4 is 0 Å². The Balaban J connectivity index is 2.74. The number of halogens is 2. The molecule has 2 aromatic rings.